The number of anilines is 1. The standard InChI is InChI=1S/C18H23BrN2/c1-4-17(20-2)15-10-6-8-12-18(15)21(3)13-14-9-5-7-11-16(14)19/h5-12,17,20H,4,13H2,1-3H3. The maximum Gasteiger partial charge on any atom is 0.0437 e. The van der Waals surface area contributed by atoms with Crippen LogP contribution in [0.25, 0.3) is 0 Å². The maximum absolute atomic E-state index is 3.63. The SMILES string of the molecule is CCC(NC)c1ccccc1N(C)Cc1ccccc1Br. The van der Waals surface area contributed by atoms with Crippen molar-refractivity contribution in [2.24, 2.45) is 0 Å². The third kappa shape index (κ3) is 3.86. The molecule has 0 aliphatic carbocycles. The lowest BCUT2D eigenvalue weighted by molar-refractivity contribution is 0.575. The molecule has 0 aromatic heterocycles. The Bertz CT molecular complexity index is 579. The topological polar surface area (TPSA) is 15.3 Å². The molecule has 3 heteroatoms. The van der Waals surface area contributed by atoms with Crippen LogP contribution in [0.4, 0.5) is 5.69 Å². The first-order chi connectivity index (χ1) is 10.2. The quantitative estimate of drug-likeness (QED) is 0.811. The molecule has 2 aromatic carbocycles. The third-order valence-corrected chi connectivity index (χ3v) is 4.62. The summed E-state index contributed by atoms with van der Waals surface area (Å²) in [5, 5.41) is 3.40. The first-order valence-corrected chi connectivity index (χ1v) is 8.17. The van der Waals surface area contributed by atoms with Gasteiger partial charge in [-0.1, -0.05) is 59.3 Å². The van der Waals surface area contributed by atoms with Crippen molar-refractivity contribution < 1.29 is 0 Å². The molecule has 2 aromatic rings. The molecule has 0 fully saturated rings. The van der Waals surface area contributed by atoms with E-state index in [2.05, 4.69) is 88.6 Å². The predicted octanol–water partition coefficient (Wildman–Crippen LogP) is 4.76. The lowest BCUT2D eigenvalue weighted by Gasteiger charge is -2.26. The summed E-state index contributed by atoms with van der Waals surface area (Å²) in [6.45, 7) is 3.10. The van der Waals surface area contributed by atoms with E-state index in [-0.39, 0.29) is 0 Å². The Morgan fingerprint density at radius 2 is 1.76 bits per heavy atom. The van der Waals surface area contributed by atoms with E-state index in [0.29, 0.717) is 6.04 Å². The molecule has 1 unspecified atom stereocenters. The Morgan fingerprint density at radius 1 is 1.10 bits per heavy atom. The van der Waals surface area contributed by atoms with Crippen LogP contribution in [-0.2, 0) is 6.54 Å². The largest absolute Gasteiger partial charge is 0.370 e. The number of para-hydroxylation sites is 1. The van der Waals surface area contributed by atoms with Gasteiger partial charge in [-0.3, -0.25) is 0 Å². The highest BCUT2D eigenvalue weighted by Crippen LogP contribution is 2.29. The predicted molar refractivity (Wildman–Crippen MR) is 94.8 cm³/mol. The van der Waals surface area contributed by atoms with E-state index in [0.717, 1.165) is 17.4 Å². The van der Waals surface area contributed by atoms with Gasteiger partial charge in [-0.2, -0.15) is 0 Å². The zero-order valence-electron chi connectivity index (χ0n) is 12.9. The lowest BCUT2D eigenvalue weighted by atomic mass is 10.0. The molecule has 0 heterocycles. The molecule has 21 heavy (non-hydrogen) atoms. The molecule has 112 valence electrons. The van der Waals surface area contributed by atoms with Crippen LogP contribution in [0.3, 0.4) is 0 Å². The van der Waals surface area contributed by atoms with E-state index in [1.165, 1.54) is 16.8 Å². The second-order valence-electron chi connectivity index (χ2n) is 5.26. The number of hydrogen-bond donors (Lipinski definition) is 1. The molecule has 0 aliphatic heterocycles. The highest BCUT2D eigenvalue weighted by Gasteiger charge is 2.14. The molecule has 0 saturated carbocycles. The van der Waals surface area contributed by atoms with E-state index in [4.69, 9.17) is 0 Å². The summed E-state index contributed by atoms with van der Waals surface area (Å²) >= 11 is 3.63. The molecule has 0 aliphatic rings. The fraction of sp³-hybridized carbons (Fsp3) is 0.333. The van der Waals surface area contributed by atoms with Gasteiger partial charge in [0.25, 0.3) is 0 Å². The summed E-state index contributed by atoms with van der Waals surface area (Å²) in [5.74, 6) is 0. The van der Waals surface area contributed by atoms with Crippen LogP contribution in [0.1, 0.15) is 30.5 Å². The molecular weight excluding hydrogens is 324 g/mol. The first-order valence-electron chi connectivity index (χ1n) is 7.38. The lowest BCUT2D eigenvalue weighted by Crippen LogP contribution is -2.22. The number of hydrogen-bond acceptors (Lipinski definition) is 2. The van der Waals surface area contributed by atoms with Crippen molar-refractivity contribution in [1.29, 1.82) is 0 Å². The van der Waals surface area contributed by atoms with E-state index in [1.54, 1.807) is 0 Å². The molecular formula is C18H23BrN2. The number of nitrogens with one attached hydrogen (secondary N) is 1. The van der Waals surface area contributed by atoms with Crippen molar-refractivity contribution in [3.05, 3.63) is 64.1 Å². The van der Waals surface area contributed by atoms with Crippen molar-refractivity contribution >= 4 is 21.6 Å². The average Bonchev–Trinajstić information content (AvgIpc) is 2.51. The fourth-order valence-corrected chi connectivity index (χ4v) is 3.09. The van der Waals surface area contributed by atoms with Crippen LogP contribution >= 0.6 is 15.9 Å². The molecule has 0 spiro atoms. The normalized spacial score (nSPS) is 12.2. The first kappa shape index (κ1) is 16.1. The van der Waals surface area contributed by atoms with Crippen LogP contribution in [-0.4, -0.2) is 14.1 Å². The Kier molecular flexibility index (Phi) is 5.83. The highest BCUT2D eigenvalue weighted by atomic mass is 79.9. The van der Waals surface area contributed by atoms with Crippen LogP contribution in [0, 0.1) is 0 Å². The van der Waals surface area contributed by atoms with Gasteiger partial charge in [0.2, 0.25) is 0 Å². The summed E-state index contributed by atoms with van der Waals surface area (Å²) in [7, 11) is 4.18. The minimum absolute atomic E-state index is 0.392. The summed E-state index contributed by atoms with van der Waals surface area (Å²) in [6, 6.07) is 17.4. The number of nitrogens with zero attached hydrogens (tertiary/aromatic N) is 1. The van der Waals surface area contributed by atoms with Crippen molar-refractivity contribution in [2.45, 2.75) is 25.9 Å². The zero-order valence-corrected chi connectivity index (χ0v) is 14.5. The Labute approximate surface area is 136 Å². The number of benzene rings is 2. The van der Waals surface area contributed by atoms with Crippen LogP contribution in [0.15, 0.2) is 53.0 Å². The van der Waals surface area contributed by atoms with E-state index in [1.807, 2.05) is 7.05 Å². The van der Waals surface area contributed by atoms with E-state index < -0.39 is 0 Å². The second-order valence-corrected chi connectivity index (χ2v) is 6.11. The van der Waals surface area contributed by atoms with Crippen molar-refractivity contribution in [3.63, 3.8) is 0 Å². The Hall–Kier alpha value is -1.32. The van der Waals surface area contributed by atoms with Gasteiger partial charge in [0.05, 0.1) is 0 Å². The van der Waals surface area contributed by atoms with Crippen molar-refractivity contribution in [1.82, 2.24) is 5.32 Å². The van der Waals surface area contributed by atoms with E-state index >= 15 is 0 Å². The average molecular weight is 347 g/mol. The van der Waals surface area contributed by atoms with Crippen LogP contribution < -0.4 is 10.2 Å². The third-order valence-electron chi connectivity index (χ3n) is 3.85. The Morgan fingerprint density at radius 3 is 2.43 bits per heavy atom. The molecule has 2 rings (SSSR count). The van der Waals surface area contributed by atoms with Gasteiger partial charge in [0.1, 0.15) is 0 Å². The van der Waals surface area contributed by atoms with E-state index in [9.17, 15) is 0 Å². The number of rotatable bonds is 6. The smallest absolute Gasteiger partial charge is 0.0437 e. The molecule has 0 amide bonds. The molecule has 0 radical (unpaired) electrons. The van der Waals surface area contributed by atoms with Gasteiger partial charge >= 0.3 is 0 Å². The molecule has 0 bridgehead atoms. The fourth-order valence-electron chi connectivity index (χ4n) is 2.68. The second kappa shape index (κ2) is 7.62. The summed E-state index contributed by atoms with van der Waals surface area (Å²) in [5.41, 5.74) is 3.94. The monoisotopic (exact) mass is 346 g/mol. The summed E-state index contributed by atoms with van der Waals surface area (Å²) in [6.07, 6.45) is 1.08. The van der Waals surface area contributed by atoms with Crippen molar-refractivity contribution in [3.8, 4) is 0 Å². The zero-order chi connectivity index (χ0) is 15.2. The van der Waals surface area contributed by atoms with Gasteiger partial charge in [0, 0.05) is 29.8 Å². The molecule has 0 saturated heterocycles. The summed E-state index contributed by atoms with van der Waals surface area (Å²) in [4.78, 5) is 2.31. The van der Waals surface area contributed by atoms with Crippen LogP contribution in [0.5, 0.6) is 0 Å². The van der Waals surface area contributed by atoms with Gasteiger partial charge in [0.15, 0.2) is 0 Å². The van der Waals surface area contributed by atoms with Crippen molar-refractivity contribution in [2.75, 3.05) is 19.0 Å². The van der Waals surface area contributed by atoms with Gasteiger partial charge in [-0.25, -0.2) is 0 Å². The molecule has 2 nitrogen and oxygen atoms in total. The van der Waals surface area contributed by atoms with Crippen LogP contribution in [0.2, 0.25) is 0 Å². The van der Waals surface area contributed by atoms with Gasteiger partial charge < -0.3 is 10.2 Å². The Balaban J connectivity index is 2.27. The number of halogens is 1. The van der Waals surface area contributed by atoms with Gasteiger partial charge in [-0.05, 0) is 36.7 Å². The molecule has 1 atom stereocenters. The minimum Gasteiger partial charge on any atom is -0.370 e. The molecule has 1 N–H and O–H groups in total. The highest BCUT2D eigenvalue weighted by molar-refractivity contribution is 9.10. The minimum atomic E-state index is 0.392. The van der Waals surface area contributed by atoms with Gasteiger partial charge in [-0.15, -0.1) is 0 Å². The summed E-state index contributed by atoms with van der Waals surface area (Å²) < 4.78 is 1.16. The maximum atomic E-state index is 3.63.